The summed E-state index contributed by atoms with van der Waals surface area (Å²) < 4.78 is 57.2. The van der Waals surface area contributed by atoms with Crippen molar-refractivity contribution < 1.29 is 32.2 Å². The van der Waals surface area contributed by atoms with E-state index in [2.05, 4.69) is 4.74 Å². The first-order chi connectivity index (χ1) is 7.82. The fraction of sp³-hybridized carbons (Fsp3) is 0.300. The molecule has 0 aliphatic rings. The summed E-state index contributed by atoms with van der Waals surface area (Å²) in [6, 6.07) is 0. The van der Waals surface area contributed by atoms with Crippen LogP contribution in [0.3, 0.4) is 0 Å². The van der Waals surface area contributed by atoms with Gasteiger partial charge < -0.3 is 9.84 Å². The average Bonchev–Trinajstić information content (AvgIpc) is 2.26. The van der Waals surface area contributed by atoms with Crippen LogP contribution < -0.4 is 0 Å². The maximum absolute atomic E-state index is 13.3. The van der Waals surface area contributed by atoms with Crippen molar-refractivity contribution in [3.05, 3.63) is 34.4 Å². The summed E-state index contributed by atoms with van der Waals surface area (Å²) in [5.41, 5.74) is -2.64. The van der Waals surface area contributed by atoms with Crippen LogP contribution in [0.2, 0.25) is 0 Å². The van der Waals surface area contributed by atoms with Crippen LogP contribution in [0.1, 0.15) is 28.9 Å². The van der Waals surface area contributed by atoms with Crippen molar-refractivity contribution in [2.45, 2.75) is 13.0 Å². The Kier molecular flexibility index (Phi) is 3.72. The largest absolute Gasteiger partial charge is 0.465 e. The minimum absolute atomic E-state index is 0.805. The van der Waals surface area contributed by atoms with Crippen LogP contribution in [0.15, 0.2) is 0 Å². The SMILES string of the molecule is COC(=O)c1c(F)c(F)c(C(C)O)c(F)c1F. The van der Waals surface area contributed by atoms with Gasteiger partial charge in [-0.25, -0.2) is 22.4 Å². The smallest absolute Gasteiger partial charge is 0.344 e. The van der Waals surface area contributed by atoms with E-state index >= 15 is 0 Å². The number of carbonyl (C=O) groups is 1. The van der Waals surface area contributed by atoms with Crippen molar-refractivity contribution in [3.8, 4) is 0 Å². The van der Waals surface area contributed by atoms with Crippen LogP contribution in [0, 0.1) is 23.3 Å². The molecule has 1 aromatic rings. The van der Waals surface area contributed by atoms with Crippen molar-refractivity contribution in [3.63, 3.8) is 0 Å². The number of methoxy groups -OCH3 is 1. The summed E-state index contributed by atoms with van der Waals surface area (Å²) >= 11 is 0. The van der Waals surface area contributed by atoms with Crippen LogP contribution in [-0.4, -0.2) is 18.2 Å². The number of rotatable bonds is 2. The van der Waals surface area contributed by atoms with E-state index in [-0.39, 0.29) is 0 Å². The molecule has 0 amide bonds. The minimum atomic E-state index is -1.90. The minimum Gasteiger partial charge on any atom is -0.465 e. The second-order valence-corrected chi connectivity index (χ2v) is 3.21. The van der Waals surface area contributed by atoms with E-state index in [0.29, 0.717) is 0 Å². The Hall–Kier alpha value is -1.63. The highest BCUT2D eigenvalue weighted by Gasteiger charge is 2.31. The lowest BCUT2D eigenvalue weighted by Crippen LogP contribution is -2.15. The first-order valence-electron chi connectivity index (χ1n) is 4.45. The van der Waals surface area contributed by atoms with E-state index in [1.165, 1.54) is 0 Å². The lowest BCUT2D eigenvalue weighted by Gasteiger charge is -2.12. The number of aliphatic hydroxyl groups excluding tert-OH is 1. The molecule has 1 N–H and O–H groups in total. The van der Waals surface area contributed by atoms with Gasteiger partial charge in [-0.2, -0.15) is 0 Å². The first kappa shape index (κ1) is 13.4. The Bertz CT molecular complexity index is 442. The Balaban J connectivity index is 3.64. The molecule has 0 heterocycles. The summed E-state index contributed by atoms with van der Waals surface area (Å²) in [5.74, 6) is -8.98. The third-order valence-corrected chi connectivity index (χ3v) is 2.10. The number of hydrogen-bond acceptors (Lipinski definition) is 3. The zero-order chi connectivity index (χ0) is 13.3. The first-order valence-corrected chi connectivity index (χ1v) is 4.45. The zero-order valence-corrected chi connectivity index (χ0v) is 8.85. The molecule has 0 aliphatic carbocycles. The quantitative estimate of drug-likeness (QED) is 0.498. The van der Waals surface area contributed by atoms with E-state index in [4.69, 9.17) is 5.11 Å². The molecule has 7 heteroatoms. The monoisotopic (exact) mass is 252 g/mol. The molecule has 0 radical (unpaired) electrons. The zero-order valence-electron chi connectivity index (χ0n) is 8.85. The number of esters is 1. The number of aliphatic hydroxyl groups is 1. The molecule has 1 aromatic carbocycles. The fourth-order valence-electron chi connectivity index (χ4n) is 1.30. The molecule has 1 atom stereocenters. The van der Waals surface area contributed by atoms with Gasteiger partial charge in [0.15, 0.2) is 23.3 Å². The third kappa shape index (κ3) is 2.10. The van der Waals surface area contributed by atoms with Crippen LogP contribution in [-0.2, 0) is 4.74 Å². The number of benzene rings is 1. The normalized spacial score (nSPS) is 12.4. The Morgan fingerprint density at radius 2 is 1.53 bits per heavy atom. The molecular formula is C10H8F4O3. The van der Waals surface area contributed by atoms with Gasteiger partial charge in [0.05, 0.1) is 18.8 Å². The van der Waals surface area contributed by atoms with Gasteiger partial charge in [0.25, 0.3) is 0 Å². The van der Waals surface area contributed by atoms with E-state index in [0.717, 1.165) is 14.0 Å². The lowest BCUT2D eigenvalue weighted by atomic mass is 10.0. The highest BCUT2D eigenvalue weighted by molar-refractivity contribution is 5.90. The summed E-state index contributed by atoms with van der Waals surface area (Å²) in [6.45, 7) is 0.929. The second kappa shape index (κ2) is 4.70. The van der Waals surface area contributed by atoms with E-state index in [9.17, 15) is 22.4 Å². The molecule has 0 fully saturated rings. The molecule has 0 spiro atoms. The molecule has 0 bridgehead atoms. The summed E-state index contributed by atoms with van der Waals surface area (Å²) in [6.07, 6.45) is -1.76. The molecule has 0 saturated carbocycles. The van der Waals surface area contributed by atoms with Gasteiger partial charge in [-0.1, -0.05) is 0 Å². The summed E-state index contributed by atoms with van der Waals surface area (Å²) in [7, 11) is 0.805. The van der Waals surface area contributed by atoms with Crippen molar-refractivity contribution >= 4 is 5.97 Å². The number of carbonyl (C=O) groups excluding carboxylic acids is 1. The Labute approximate surface area is 93.6 Å². The van der Waals surface area contributed by atoms with Crippen LogP contribution in [0.5, 0.6) is 0 Å². The Morgan fingerprint density at radius 3 is 1.82 bits per heavy atom. The molecule has 3 nitrogen and oxygen atoms in total. The number of ether oxygens (including phenoxy) is 1. The van der Waals surface area contributed by atoms with Crippen LogP contribution in [0.25, 0.3) is 0 Å². The van der Waals surface area contributed by atoms with E-state index in [1.54, 1.807) is 0 Å². The Morgan fingerprint density at radius 1 is 1.12 bits per heavy atom. The standard InChI is InChI=1S/C10H8F4O3/c1-3(15)4-6(11)8(13)5(10(16)17-2)9(14)7(4)12/h3,15H,1-2H3. The number of halogens is 4. The predicted molar refractivity (Wildman–Crippen MR) is 48.2 cm³/mol. The fourth-order valence-corrected chi connectivity index (χ4v) is 1.30. The van der Waals surface area contributed by atoms with Crippen LogP contribution >= 0.6 is 0 Å². The molecule has 0 saturated heterocycles. The second-order valence-electron chi connectivity index (χ2n) is 3.21. The van der Waals surface area contributed by atoms with Gasteiger partial charge >= 0.3 is 5.97 Å². The molecule has 94 valence electrons. The molecular weight excluding hydrogens is 244 g/mol. The van der Waals surface area contributed by atoms with Gasteiger partial charge in [0, 0.05) is 0 Å². The molecule has 1 unspecified atom stereocenters. The predicted octanol–water partition coefficient (Wildman–Crippen LogP) is 2.08. The van der Waals surface area contributed by atoms with Gasteiger partial charge in [-0.3, -0.25) is 0 Å². The lowest BCUT2D eigenvalue weighted by molar-refractivity contribution is 0.0585. The molecule has 0 aliphatic heterocycles. The van der Waals surface area contributed by atoms with E-state index < -0.39 is 46.5 Å². The van der Waals surface area contributed by atoms with Gasteiger partial charge in [0.2, 0.25) is 0 Å². The maximum atomic E-state index is 13.3. The van der Waals surface area contributed by atoms with Gasteiger partial charge in [-0.05, 0) is 6.92 Å². The molecule has 17 heavy (non-hydrogen) atoms. The van der Waals surface area contributed by atoms with Crippen molar-refractivity contribution in [1.29, 1.82) is 0 Å². The van der Waals surface area contributed by atoms with Crippen molar-refractivity contribution in [2.75, 3.05) is 7.11 Å². The number of hydrogen-bond donors (Lipinski definition) is 1. The maximum Gasteiger partial charge on any atom is 0.344 e. The van der Waals surface area contributed by atoms with Crippen molar-refractivity contribution in [2.24, 2.45) is 0 Å². The molecule has 0 aromatic heterocycles. The van der Waals surface area contributed by atoms with Gasteiger partial charge in [-0.15, -0.1) is 0 Å². The van der Waals surface area contributed by atoms with Crippen molar-refractivity contribution in [1.82, 2.24) is 0 Å². The average molecular weight is 252 g/mol. The van der Waals surface area contributed by atoms with E-state index in [1.807, 2.05) is 0 Å². The van der Waals surface area contributed by atoms with Crippen LogP contribution in [0.4, 0.5) is 17.6 Å². The topological polar surface area (TPSA) is 46.5 Å². The highest BCUT2D eigenvalue weighted by atomic mass is 19.2. The molecule has 1 rings (SSSR count). The third-order valence-electron chi connectivity index (χ3n) is 2.10. The summed E-state index contributed by atoms with van der Waals surface area (Å²) in [5, 5.41) is 8.99. The highest BCUT2D eigenvalue weighted by Crippen LogP contribution is 2.28. The summed E-state index contributed by atoms with van der Waals surface area (Å²) in [4.78, 5) is 10.9. The van der Waals surface area contributed by atoms with Gasteiger partial charge in [0.1, 0.15) is 5.56 Å².